The maximum absolute atomic E-state index is 12.5. The quantitative estimate of drug-likeness (QED) is 0.0321. The lowest BCUT2D eigenvalue weighted by Gasteiger charge is -2.22. The zero-order chi connectivity index (χ0) is 47.9. The van der Waals surface area contributed by atoms with Crippen molar-refractivity contribution in [1.29, 1.82) is 0 Å². The van der Waals surface area contributed by atoms with E-state index in [1.165, 1.54) is 250 Å². The molecule has 0 aliphatic heterocycles. The summed E-state index contributed by atoms with van der Waals surface area (Å²) < 4.78 is 5.48. The number of hydrogen-bond acceptors (Lipinski definition) is 5. The summed E-state index contributed by atoms with van der Waals surface area (Å²) in [4.78, 5) is 24.5. The number of aliphatic hydroxyl groups is 2. The van der Waals surface area contributed by atoms with Crippen LogP contribution in [0.3, 0.4) is 0 Å². The molecule has 2 unspecified atom stereocenters. The zero-order valence-corrected chi connectivity index (χ0v) is 44.7. The third-order valence-corrected chi connectivity index (χ3v) is 14.1. The van der Waals surface area contributed by atoms with Gasteiger partial charge in [0.25, 0.3) is 0 Å². The smallest absolute Gasteiger partial charge is 0.305 e. The molecule has 0 aromatic rings. The van der Waals surface area contributed by atoms with Gasteiger partial charge in [-0.05, 0) is 51.4 Å². The van der Waals surface area contributed by atoms with Crippen molar-refractivity contribution in [2.24, 2.45) is 0 Å². The van der Waals surface area contributed by atoms with Crippen molar-refractivity contribution < 1.29 is 24.5 Å². The molecule has 0 heterocycles. The number of nitrogens with one attached hydrogen (secondary N) is 1. The summed E-state index contributed by atoms with van der Waals surface area (Å²) in [6, 6.07) is -0.551. The van der Waals surface area contributed by atoms with E-state index in [2.05, 4.69) is 31.3 Å². The molecule has 6 nitrogen and oxygen atoms in total. The average Bonchev–Trinajstić information content (AvgIpc) is 3.32. The molecule has 2 atom stereocenters. The fourth-order valence-electron chi connectivity index (χ4n) is 9.46. The molecule has 392 valence electrons. The molecule has 0 aromatic carbocycles. The van der Waals surface area contributed by atoms with Crippen LogP contribution in [0.1, 0.15) is 335 Å². The molecule has 66 heavy (non-hydrogen) atoms. The molecule has 0 spiro atoms. The topological polar surface area (TPSA) is 95.9 Å². The Morgan fingerprint density at radius 1 is 0.409 bits per heavy atom. The first-order valence-electron chi connectivity index (χ1n) is 29.9. The number of ether oxygens (including phenoxy) is 1. The molecule has 6 heteroatoms. The van der Waals surface area contributed by atoms with E-state index in [0.717, 1.165) is 51.4 Å². The number of rotatable bonds is 56. The van der Waals surface area contributed by atoms with Gasteiger partial charge in [-0.2, -0.15) is 0 Å². The van der Waals surface area contributed by atoms with Gasteiger partial charge in [0.05, 0.1) is 25.4 Å². The van der Waals surface area contributed by atoms with Gasteiger partial charge in [-0.25, -0.2) is 0 Å². The molecule has 0 aliphatic carbocycles. The van der Waals surface area contributed by atoms with Crippen molar-refractivity contribution in [2.75, 3.05) is 13.2 Å². The molecule has 0 fully saturated rings. The fraction of sp³-hybridized carbons (Fsp3) is 0.933. The van der Waals surface area contributed by atoms with Crippen LogP contribution in [0, 0.1) is 0 Å². The molecule has 0 aliphatic rings. The van der Waals surface area contributed by atoms with E-state index >= 15 is 0 Å². The maximum atomic E-state index is 12.5. The highest BCUT2D eigenvalue weighted by atomic mass is 16.5. The Bertz CT molecular complexity index is 986. The lowest BCUT2D eigenvalue weighted by Crippen LogP contribution is -2.45. The minimum Gasteiger partial charge on any atom is -0.466 e. The van der Waals surface area contributed by atoms with E-state index < -0.39 is 12.1 Å². The van der Waals surface area contributed by atoms with E-state index in [-0.39, 0.29) is 18.5 Å². The van der Waals surface area contributed by atoms with E-state index in [4.69, 9.17) is 4.74 Å². The molecule has 0 saturated carbocycles. The van der Waals surface area contributed by atoms with Crippen molar-refractivity contribution in [2.45, 2.75) is 347 Å². The number of aliphatic hydroxyl groups excluding tert-OH is 2. The second kappa shape index (κ2) is 56.2. The SMILES string of the molecule is CCCCCCCCCCCCCCCCCCC(O)C(CO)NC(=O)CCCCCCC/C=C\CCCCCCCCCCCOC(=O)CCCCCCCCCCCCCCCCC. The van der Waals surface area contributed by atoms with Gasteiger partial charge < -0.3 is 20.3 Å². The van der Waals surface area contributed by atoms with Crippen molar-refractivity contribution in [1.82, 2.24) is 5.32 Å². The summed E-state index contributed by atoms with van der Waals surface area (Å²) in [6.07, 6.45) is 66.3. The third kappa shape index (κ3) is 52.0. The number of unbranched alkanes of at least 4 members (excludes halogenated alkanes) is 43. The number of esters is 1. The van der Waals surface area contributed by atoms with Gasteiger partial charge in [0.15, 0.2) is 0 Å². The zero-order valence-electron chi connectivity index (χ0n) is 44.7. The average molecular weight is 933 g/mol. The minimum absolute atomic E-state index is 0.00655. The van der Waals surface area contributed by atoms with Gasteiger partial charge in [0.1, 0.15) is 0 Å². The highest BCUT2D eigenvalue weighted by Crippen LogP contribution is 2.18. The van der Waals surface area contributed by atoms with Gasteiger partial charge in [-0.1, -0.05) is 283 Å². The monoisotopic (exact) mass is 932 g/mol. The van der Waals surface area contributed by atoms with Gasteiger partial charge in [-0.3, -0.25) is 9.59 Å². The Labute approximate surface area is 412 Å². The maximum Gasteiger partial charge on any atom is 0.305 e. The lowest BCUT2D eigenvalue weighted by molar-refractivity contribution is -0.143. The number of hydrogen-bond donors (Lipinski definition) is 3. The van der Waals surface area contributed by atoms with Gasteiger partial charge >= 0.3 is 5.97 Å². The molecule has 0 aromatic heterocycles. The van der Waals surface area contributed by atoms with Crippen LogP contribution in [0.15, 0.2) is 12.2 Å². The van der Waals surface area contributed by atoms with Crippen molar-refractivity contribution >= 4 is 11.9 Å². The van der Waals surface area contributed by atoms with Gasteiger partial charge in [-0.15, -0.1) is 0 Å². The Hall–Kier alpha value is -1.40. The van der Waals surface area contributed by atoms with Crippen molar-refractivity contribution in [3.05, 3.63) is 12.2 Å². The molecular formula is C60H117NO5. The largest absolute Gasteiger partial charge is 0.466 e. The molecule has 0 bridgehead atoms. The van der Waals surface area contributed by atoms with E-state index in [1.807, 2.05) is 0 Å². The predicted octanol–water partition coefficient (Wildman–Crippen LogP) is 18.5. The standard InChI is InChI=1S/C60H117NO5/c1-3-5-7-9-11-13-15-17-19-25-28-32-36-40-44-48-52-58(63)57(56-62)61-59(64)53-49-45-41-37-33-29-26-22-20-21-23-27-31-35-39-43-47-51-55-66-60(65)54-50-46-42-38-34-30-24-18-16-14-12-10-8-6-4-2/h22,26,57-58,62-63H,3-21,23-25,27-56H2,1-2H3,(H,61,64)/b26-22-. The van der Waals surface area contributed by atoms with Crippen LogP contribution in [0.2, 0.25) is 0 Å². The summed E-state index contributed by atoms with van der Waals surface area (Å²) in [7, 11) is 0. The van der Waals surface area contributed by atoms with Crippen LogP contribution < -0.4 is 5.32 Å². The van der Waals surface area contributed by atoms with Crippen LogP contribution in [0.25, 0.3) is 0 Å². The summed E-state index contributed by atoms with van der Waals surface area (Å²) in [5.74, 6) is -0.0402. The number of amides is 1. The first-order chi connectivity index (χ1) is 32.5. The van der Waals surface area contributed by atoms with Gasteiger partial charge in [0, 0.05) is 12.8 Å². The normalized spacial score (nSPS) is 12.6. The second-order valence-corrected chi connectivity index (χ2v) is 20.7. The summed E-state index contributed by atoms with van der Waals surface area (Å²) in [6.45, 7) is 4.96. The highest BCUT2D eigenvalue weighted by Gasteiger charge is 2.20. The first kappa shape index (κ1) is 64.6. The fourth-order valence-corrected chi connectivity index (χ4v) is 9.46. The Morgan fingerprint density at radius 2 is 0.712 bits per heavy atom. The van der Waals surface area contributed by atoms with Gasteiger partial charge in [0.2, 0.25) is 5.91 Å². The first-order valence-corrected chi connectivity index (χ1v) is 29.9. The van der Waals surface area contributed by atoms with Crippen molar-refractivity contribution in [3.8, 4) is 0 Å². The Morgan fingerprint density at radius 3 is 1.08 bits per heavy atom. The van der Waals surface area contributed by atoms with Crippen molar-refractivity contribution in [3.63, 3.8) is 0 Å². The van der Waals surface area contributed by atoms with Crippen LogP contribution in [-0.4, -0.2) is 47.4 Å². The molecular weight excluding hydrogens is 815 g/mol. The van der Waals surface area contributed by atoms with E-state index in [1.54, 1.807) is 0 Å². The molecule has 0 rings (SSSR count). The third-order valence-electron chi connectivity index (χ3n) is 14.1. The Balaban J connectivity index is 3.43. The molecule has 3 N–H and O–H groups in total. The molecule has 0 radical (unpaired) electrons. The summed E-state index contributed by atoms with van der Waals surface area (Å²) in [5.41, 5.74) is 0. The highest BCUT2D eigenvalue weighted by molar-refractivity contribution is 5.76. The minimum atomic E-state index is -0.672. The van der Waals surface area contributed by atoms with Crippen LogP contribution in [0.5, 0.6) is 0 Å². The predicted molar refractivity (Wildman–Crippen MR) is 287 cm³/mol. The van der Waals surface area contributed by atoms with E-state index in [9.17, 15) is 19.8 Å². The van der Waals surface area contributed by atoms with Crippen LogP contribution >= 0.6 is 0 Å². The summed E-state index contributed by atoms with van der Waals surface area (Å²) >= 11 is 0. The number of carbonyl (C=O) groups is 2. The van der Waals surface area contributed by atoms with E-state index in [0.29, 0.717) is 25.9 Å². The van der Waals surface area contributed by atoms with Crippen LogP contribution in [0.4, 0.5) is 0 Å². The second-order valence-electron chi connectivity index (χ2n) is 20.7. The Kier molecular flexibility index (Phi) is 55.0. The number of allylic oxidation sites excluding steroid dienone is 2. The lowest BCUT2D eigenvalue weighted by atomic mass is 10.0. The molecule has 0 saturated heterocycles. The summed E-state index contributed by atoms with van der Waals surface area (Å²) in [5, 5.41) is 23.3. The van der Waals surface area contributed by atoms with Crippen LogP contribution in [-0.2, 0) is 14.3 Å². The molecule has 1 amide bonds. The number of carbonyl (C=O) groups excluding carboxylic acids is 2.